The molecular weight excluding hydrogens is 610 g/mol. The standard InChI is InChI=1S/C32H42ClN9O2S/c1-32(9-13-42(14-10-32)26-19-37-31(29(35)39-26)45-25-4-2-3-24(34)28(25)33)38-16-20-7-11-41(12-8-20)22-15-21(17-36-18-22)23-5-6-27(43)40-30(23)44/h2-4,15,17-20,23,30,38,44H,5-14,16,34H2,1H3,(H2,35,39)(H,40,43). The summed E-state index contributed by atoms with van der Waals surface area (Å²) in [7, 11) is 0. The smallest absolute Gasteiger partial charge is 0.222 e. The van der Waals surface area contributed by atoms with Crippen LogP contribution >= 0.6 is 23.4 Å². The van der Waals surface area contributed by atoms with E-state index in [4.69, 9.17) is 23.1 Å². The number of nitrogens with one attached hydrogen (secondary N) is 2. The van der Waals surface area contributed by atoms with Crippen molar-refractivity contribution in [3.8, 4) is 0 Å². The lowest BCUT2D eigenvalue weighted by molar-refractivity contribution is -0.127. The summed E-state index contributed by atoms with van der Waals surface area (Å²) in [6.07, 6.45) is 9.96. The number of nitrogen functional groups attached to an aromatic ring is 2. The van der Waals surface area contributed by atoms with Crippen molar-refractivity contribution in [2.24, 2.45) is 5.92 Å². The molecule has 3 aliphatic rings. The molecule has 2 unspecified atom stereocenters. The topological polar surface area (TPSA) is 159 Å². The van der Waals surface area contributed by atoms with Gasteiger partial charge in [-0.1, -0.05) is 29.4 Å². The molecule has 0 saturated carbocycles. The number of aliphatic hydroxyl groups is 1. The Hall–Kier alpha value is -3.32. The number of benzene rings is 1. The van der Waals surface area contributed by atoms with E-state index < -0.39 is 6.23 Å². The van der Waals surface area contributed by atoms with Crippen LogP contribution in [-0.2, 0) is 4.79 Å². The lowest BCUT2D eigenvalue weighted by atomic mass is 9.87. The van der Waals surface area contributed by atoms with Crippen molar-refractivity contribution in [3.05, 3.63) is 53.4 Å². The molecule has 2 atom stereocenters. The van der Waals surface area contributed by atoms with Crippen molar-refractivity contribution in [1.82, 2.24) is 25.6 Å². The van der Waals surface area contributed by atoms with E-state index in [1.54, 1.807) is 12.3 Å². The molecule has 5 heterocycles. The van der Waals surface area contributed by atoms with Gasteiger partial charge in [-0.25, -0.2) is 9.97 Å². The Bertz CT molecular complexity index is 1510. The van der Waals surface area contributed by atoms with E-state index in [2.05, 4.69) is 48.4 Å². The molecule has 0 radical (unpaired) electrons. The molecule has 0 bridgehead atoms. The van der Waals surface area contributed by atoms with Gasteiger partial charge in [0.2, 0.25) is 5.91 Å². The number of aliphatic hydroxyl groups excluding tert-OH is 1. The highest BCUT2D eigenvalue weighted by Crippen LogP contribution is 2.38. The maximum absolute atomic E-state index is 11.6. The number of pyridine rings is 1. The van der Waals surface area contributed by atoms with Gasteiger partial charge in [0.15, 0.2) is 5.82 Å². The number of piperidine rings is 3. The minimum absolute atomic E-state index is 0.0703. The summed E-state index contributed by atoms with van der Waals surface area (Å²) in [5.41, 5.74) is 14.9. The second-order valence-electron chi connectivity index (χ2n) is 12.7. The number of nitrogens with zero attached hydrogens (tertiary/aromatic N) is 5. The molecule has 1 amide bonds. The molecule has 13 heteroatoms. The van der Waals surface area contributed by atoms with Crippen LogP contribution in [0.15, 0.2) is 52.8 Å². The van der Waals surface area contributed by atoms with Gasteiger partial charge in [-0.2, -0.15) is 0 Å². The first-order valence-electron chi connectivity index (χ1n) is 15.7. The first-order valence-corrected chi connectivity index (χ1v) is 16.9. The van der Waals surface area contributed by atoms with Gasteiger partial charge in [-0.15, -0.1) is 0 Å². The molecule has 3 saturated heterocycles. The Morgan fingerprint density at radius 1 is 1.11 bits per heavy atom. The van der Waals surface area contributed by atoms with Crippen LogP contribution in [0.4, 0.5) is 23.0 Å². The number of hydrogen-bond acceptors (Lipinski definition) is 11. The van der Waals surface area contributed by atoms with E-state index in [1.807, 2.05) is 24.5 Å². The Balaban J connectivity index is 0.965. The van der Waals surface area contributed by atoms with Crippen molar-refractivity contribution in [2.45, 2.75) is 73.1 Å². The summed E-state index contributed by atoms with van der Waals surface area (Å²) >= 11 is 7.72. The normalized spacial score (nSPS) is 22.3. The summed E-state index contributed by atoms with van der Waals surface area (Å²) in [6.45, 7) is 7.04. The monoisotopic (exact) mass is 651 g/mol. The number of nitrogens with two attached hydrogens (primary N) is 2. The summed E-state index contributed by atoms with van der Waals surface area (Å²) < 4.78 is 0. The van der Waals surface area contributed by atoms with Gasteiger partial charge in [0.1, 0.15) is 17.1 Å². The van der Waals surface area contributed by atoms with E-state index >= 15 is 0 Å². The zero-order valence-corrected chi connectivity index (χ0v) is 27.2. The quantitative estimate of drug-likeness (QED) is 0.224. The highest BCUT2D eigenvalue weighted by molar-refractivity contribution is 7.99. The van der Waals surface area contributed by atoms with Crippen molar-refractivity contribution in [1.29, 1.82) is 0 Å². The first kappa shape index (κ1) is 31.7. The fourth-order valence-electron chi connectivity index (χ4n) is 6.47. The zero-order chi connectivity index (χ0) is 31.6. The SMILES string of the molecule is CC1(NCC2CCN(c3cncc(C4CCC(=O)NC4O)c3)CC2)CCN(c2cnc(Sc3cccc(N)c3Cl)c(N)n2)CC1. The van der Waals surface area contributed by atoms with Crippen LogP contribution in [0.2, 0.25) is 5.02 Å². The number of halogens is 1. The number of anilines is 4. The lowest BCUT2D eigenvalue weighted by Gasteiger charge is -2.42. The van der Waals surface area contributed by atoms with Gasteiger partial charge in [0, 0.05) is 55.1 Å². The van der Waals surface area contributed by atoms with Gasteiger partial charge in [-0.3, -0.25) is 9.78 Å². The van der Waals surface area contributed by atoms with Gasteiger partial charge in [0.25, 0.3) is 0 Å². The highest BCUT2D eigenvalue weighted by Gasteiger charge is 2.32. The van der Waals surface area contributed by atoms with Gasteiger partial charge in [-0.05, 0) is 75.3 Å². The Kier molecular flexibility index (Phi) is 9.55. The first-order chi connectivity index (χ1) is 21.7. The molecule has 6 rings (SSSR count). The summed E-state index contributed by atoms with van der Waals surface area (Å²) in [5.74, 6) is 1.58. The summed E-state index contributed by atoms with van der Waals surface area (Å²) in [6, 6.07) is 7.65. The van der Waals surface area contributed by atoms with Crippen molar-refractivity contribution in [2.75, 3.05) is 54.0 Å². The second kappa shape index (κ2) is 13.6. The van der Waals surface area contributed by atoms with Gasteiger partial charge < -0.3 is 37.0 Å². The fraction of sp³-hybridized carbons (Fsp3) is 0.500. The molecule has 45 heavy (non-hydrogen) atoms. The van der Waals surface area contributed by atoms with Crippen molar-refractivity contribution in [3.63, 3.8) is 0 Å². The third kappa shape index (κ3) is 7.40. The fourth-order valence-corrected chi connectivity index (χ4v) is 7.53. The maximum atomic E-state index is 11.6. The molecule has 0 spiro atoms. The average molecular weight is 652 g/mol. The summed E-state index contributed by atoms with van der Waals surface area (Å²) in [4.78, 5) is 30.8. The highest BCUT2D eigenvalue weighted by atomic mass is 35.5. The molecule has 1 aromatic carbocycles. The number of hydrogen-bond donors (Lipinski definition) is 5. The molecule has 7 N–H and O–H groups in total. The third-order valence-corrected chi connectivity index (χ3v) is 11.1. The molecule has 2 aromatic heterocycles. The Morgan fingerprint density at radius 2 is 1.89 bits per heavy atom. The van der Waals surface area contributed by atoms with E-state index in [0.29, 0.717) is 40.3 Å². The van der Waals surface area contributed by atoms with E-state index in [1.165, 1.54) is 11.8 Å². The second-order valence-corrected chi connectivity index (χ2v) is 14.1. The van der Waals surface area contributed by atoms with Crippen LogP contribution in [0.1, 0.15) is 56.9 Å². The molecule has 0 aliphatic carbocycles. The van der Waals surface area contributed by atoms with Crippen molar-refractivity contribution < 1.29 is 9.90 Å². The minimum Gasteiger partial charge on any atom is -0.397 e. The average Bonchev–Trinajstić information content (AvgIpc) is 3.04. The van der Waals surface area contributed by atoms with Crippen LogP contribution in [0.3, 0.4) is 0 Å². The van der Waals surface area contributed by atoms with Crippen LogP contribution in [0.25, 0.3) is 0 Å². The van der Waals surface area contributed by atoms with Crippen molar-refractivity contribution >= 4 is 52.3 Å². The van der Waals surface area contributed by atoms with Crippen LogP contribution in [0, 0.1) is 5.92 Å². The molecule has 3 aromatic rings. The molecule has 3 aliphatic heterocycles. The molecule has 11 nitrogen and oxygen atoms in total. The Morgan fingerprint density at radius 3 is 2.62 bits per heavy atom. The zero-order valence-electron chi connectivity index (χ0n) is 25.6. The van der Waals surface area contributed by atoms with Gasteiger partial charge >= 0.3 is 0 Å². The van der Waals surface area contributed by atoms with Crippen LogP contribution < -0.4 is 31.9 Å². The lowest BCUT2D eigenvalue weighted by Crippen LogP contribution is -2.53. The number of carbonyl (C=O) groups is 1. The van der Waals surface area contributed by atoms with E-state index in [9.17, 15) is 9.90 Å². The number of aromatic nitrogens is 3. The van der Waals surface area contributed by atoms with Crippen LogP contribution in [0.5, 0.6) is 0 Å². The summed E-state index contributed by atoms with van der Waals surface area (Å²) in [5, 5.41) is 18.0. The number of rotatable bonds is 8. The molecular formula is C32H42ClN9O2S. The molecule has 3 fully saturated rings. The van der Waals surface area contributed by atoms with Crippen LogP contribution in [-0.4, -0.2) is 70.5 Å². The third-order valence-electron chi connectivity index (χ3n) is 9.48. The molecule has 240 valence electrons. The predicted molar refractivity (Wildman–Crippen MR) is 180 cm³/mol. The predicted octanol–water partition coefficient (Wildman–Crippen LogP) is 4.02. The maximum Gasteiger partial charge on any atom is 0.222 e. The Labute approximate surface area is 273 Å². The largest absolute Gasteiger partial charge is 0.397 e. The van der Waals surface area contributed by atoms with Gasteiger partial charge in [0.05, 0.1) is 28.8 Å². The minimum atomic E-state index is -0.857. The van der Waals surface area contributed by atoms with E-state index in [0.717, 1.165) is 80.4 Å². The number of carbonyl (C=O) groups excluding carboxylic acids is 1. The van der Waals surface area contributed by atoms with E-state index in [-0.39, 0.29) is 17.4 Å². The number of amides is 1.